The number of hydrogen-bond acceptors (Lipinski definition) is 3. The van der Waals surface area contributed by atoms with Gasteiger partial charge < -0.3 is 5.32 Å². The van der Waals surface area contributed by atoms with Crippen LogP contribution in [0.4, 0.5) is 15.8 Å². The summed E-state index contributed by atoms with van der Waals surface area (Å²) in [5, 5.41) is 13.1. The predicted molar refractivity (Wildman–Crippen MR) is 57.2 cm³/mol. The number of halogens is 2. The van der Waals surface area contributed by atoms with Crippen molar-refractivity contribution in [2.75, 3.05) is 17.7 Å². The van der Waals surface area contributed by atoms with Gasteiger partial charge in [-0.25, -0.2) is 4.39 Å². The molecular weight excluding hydrogens is 223 g/mol. The number of rotatable bonds is 5. The van der Waals surface area contributed by atoms with Crippen LogP contribution in [-0.4, -0.2) is 23.5 Å². The highest BCUT2D eigenvalue weighted by molar-refractivity contribution is 6.18. The second kappa shape index (κ2) is 5.50. The van der Waals surface area contributed by atoms with E-state index in [1.165, 1.54) is 24.3 Å². The van der Waals surface area contributed by atoms with Crippen LogP contribution in [0.3, 0.4) is 0 Å². The van der Waals surface area contributed by atoms with Crippen LogP contribution >= 0.6 is 11.6 Å². The van der Waals surface area contributed by atoms with E-state index in [1.807, 2.05) is 0 Å². The molecule has 0 radical (unpaired) electrons. The molecule has 1 unspecified atom stereocenters. The molecule has 1 N–H and O–H groups in total. The minimum atomic E-state index is -1.12. The Balaban J connectivity index is 2.53. The van der Waals surface area contributed by atoms with Gasteiger partial charge in [0.2, 0.25) is 0 Å². The zero-order valence-electron chi connectivity index (χ0n) is 7.82. The predicted octanol–water partition coefficient (Wildman–Crippen LogP) is 2.58. The van der Waals surface area contributed by atoms with Gasteiger partial charge in [-0.05, 0) is 12.1 Å². The molecule has 1 atom stereocenters. The second-order valence-electron chi connectivity index (χ2n) is 2.94. The van der Waals surface area contributed by atoms with Gasteiger partial charge in [0.15, 0.2) is 0 Å². The van der Waals surface area contributed by atoms with Gasteiger partial charge in [0, 0.05) is 24.4 Å². The first-order chi connectivity index (χ1) is 7.13. The number of nitro groups is 1. The number of non-ortho nitro benzene ring substituents is 1. The van der Waals surface area contributed by atoms with Gasteiger partial charge in [-0.3, -0.25) is 10.1 Å². The monoisotopic (exact) mass is 232 g/mol. The van der Waals surface area contributed by atoms with Crippen LogP contribution in [0.2, 0.25) is 0 Å². The molecule has 0 aromatic heterocycles. The van der Waals surface area contributed by atoms with Crippen molar-refractivity contribution in [1.82, 2.24) is 0 Å². The zero-order valence-corrected chi connectivity index (χ0v) is 8.58. The van der Waals surface area contributed by atoms with Crippen molar-refractivity contribution in [3.05, 3.63) is 34.4 Å². The molecule has 0 spiro atoms. The molecule has 15 heavy (non-hydrogen) atoms. The highest BCUT2D eigenvalue weighted by atomic mass is 35.5. The Bertz CT molecular complexity index is 331. The van der Waals surface area contributed by atoms with Gasteiger partial charge in [-0.1, -0.05) is 0 Å². The molecule has 1 aromatic rings. The first kappa shape index (κ1) is 11.7. The topological polar surface area (TPSA) is 55.2 Å². The summed E-state index contributed by atoms with van der Waals surface area (Å²) in [5.74, 6) is -0.0695. The molecule has 0 fully saturated rings. The Kier molecular flexibility index (Phi) is 4.30. The fourth-order valence-electron chi connectivity index (χ4n) is 0.984. The van der Waals surface area contributed by atoms with Gasteiger partial charge in [-0.2, -0.15) is 0 Å². The summed E-state index contributed by atoms with van der Waals surface area (Å²) in [6.07, 6.45) is -1.12. The number of hydrogen-bond donors (Lipinski definition) is 1. The number of anilines is 1. The molecule has 0 aliphatic heterocycles. The summed E-state index contributed by atoms with van der Waals surface area (Å²) < 4.78 is 12.7. The van der Waals surface area contributed by atoms with Crippen molar-refractivity contribution in [2.45, 2.75) is 6.17 Å². The standard InChI is InChI=1S/C9H10ClFN2O2/c10-5-7(11)6-12-8-1-3-9(4-2-8)13(14)15/h1-4,7,12H,5-6H2. The third kappa shape index (κ3) is 3.71. The van der Waals surface area contributed by atoms with E-state index in [1.54, 1.807) is 0 Å². The average molecular weight is 233 g/mol. The lowest BCUT2D eigenvalue weighted by Crippen LogP contribution is -2.16. The molecule has 0 aliphatic rings. The van der Waals surface area contributed by atoms with Gasteiger partial charge in [0.1, 0.15) is 6.17 Å². The van der Waals surface area contributed by atoms with Crippen LogP contribution in [0.1, 0.15) is 0 Å². The second-order valence-corrected chi connectivity index (χ2v) is 3.25. The number of alkyl halides is 2. The third-order valence-electron chi connectivity index (χ3n) is 1.77. The molecule has 0 heterocycles. The normalized spacial score (nSPS) is 12.1. The summed E-state index contributed by atoms with van der Waals surface area (Å²) in [6.45, 7) is 0.0985. The molecule has 0 amide bonds. The van der Waals surface area contributed by atoms with E-state index in [-0.39, 0.29) is 18.1 Å². The quantitative estimate of drug-likeness (QED) is 0.482. The fraction of sp³-hybridized carbons (Fsp3) is 0.333. The molecular formula is C9H10ClFN2O2. The summed E-state index contributed by atoms with van der Waals surface area (Å²) in [5.41, 5.74) is 0.642. The molecule has 82 valence electrons. The SMILES string of the molecule is O=[N+]([O-])c1ccc(NCC(F)CCl)cc1. The minimum Gasteiger partial charge on any atom is -0.382 e. The highest BCUT2D eigenvalue weighted by Crippen LogP contribution is 2.15. The molecule has 1 aromatic carbocycles. The van der Waals surface area contributed by atoms with Crippen LogP contribution in [0.25, 0.3) is 0 Å². The Morgan fingerprint density at radius 2 is 2.07 bits per heavy atom. The van der Waals surface area contributed by atoms with E-state index in [4.69, 9.17) is 11.6 Å². The minimum absolute atomic E-state index is 0.00897. The summed E-state index contributed by atoms with van der Waals surface area (Å²) in [4.78, 5) is 9.85. The molecule has 0 bridgehead atoms. The van der Waals surface area contributed by atoms with Crippen molar-refractivity contribution in [2.24, 2.45) is 0 Å². The first-order valence-electron chi connectivity index (χ1n) is 4.32. The first-order valence-corrected chi connectivity index (χ1v) is 4.85. The van der Waals surface area contributed by atoms with Crippen molar-refractivity contribution in [1.29, 1.82) is 0 Å². The van der Waals surface area contributed by atoms with Crippen molar-refractivity contribution in [3.63, 3.8) is 0 Å². The van der Waals surface area contributed by atoms with E-state index < -0.39 is 11.1 Å². The largest absolute Gasteiger partial charge is 0.382 e. The van der Waals surface area contributed by atoms with E-state index in [9.17, 15) is 14.5 Å². The van der Waals surface area contributed by atoms with Crippen LogP contribution in [-0.2, 0) is 0 Å². The third-order valence-corrected chi connectivity index (χ3v) is 2.11. The van der Waals surface area contributed by atoms with Crippen LogP contribution in [0.15, 0.2) is 24.3 Å². The molecule has 0 saturated carbocycles. The number of nitrogens with zero attached hydrogens (tertiary/aromatic N) is 1. The molecule has 0 saturated heterocycles. The van der Waals surface area contributed by atoms with Crippen LogP contribution in [0, 0.1) is 10.1 Å². The zero-order chi connectivity index (χ0) is 11.3. The van der Waals surface area contributed by atoms with Crippen molar-refractivity contribution >= 4 is 23.0 Å². The Hall–Kier alpha value is -1.36. The number of nitrogens with one attached hydrogen (secondary N) is 1. The molecule has 4 nitrogen and oxygen atoms in total. The van der Waals surface area contributed by atoms with E-state index >= 15 is 0 Å². The average Bonchev–Trinajstić information content (AvgIpc) is 2.26. The van der Waals surface area contributed by atoms with Crippen LogP contribution in [0.5, 0.6) is 0 Å². The number of benzene rings is 1. The smallest absolute Gasteiger partial charge is 0.269 e. The fourth-order valence-corrected chi connectivity index (χ4v) is 1.09. The molecule has 1 rings (SSSR count). The Labute approximate surface area is 91.2 Å². The number of nitro benzene ring substituents is 1. The molecule has 0 aliphatic carbocycles. The lowest BCUT2D eigenvalue weighted by atomic mass is 10.3. The Morgan fingerprint density at radius 3 is 2.53 bits per heavy atom. The van der Waals surface area contributed by atoms with Crippen LogP contribution < -0.4 is 5.32 Å². The van der Waals surface area contributed by atoms with E-state index in [0.717, 1.165) is 0 Å². The van der Waals surface area contributed by atoms with E-state index in [2.05, 4.69) is 5.32 Å². The summed E-state index contributed by atoms with van der Waals surface area (Å²) in [6, 6.07) is 5.77. The van der Waals surface area contributed by atoms with Gasteiger partial charge in [0.25, 0.3) is 5.69 Å². The summed E-state index contributed by atoms with van der Waals surface area (Å²) >= 11 is 5.28. The lowest BCUT2D eigenvalue weighted by Gasteiger charge is -2.07. The van der Waals surface area contributed by atoms with E-state index in [0.29, 0.717) is 5.69 Å². The molecule has 6 heteroatoms. The lowest BCUT2D eigenvalue weighted by molar-refractivity contribution is -0.384. The van der Waals surface area contributed by atoms with Gasteiger partial charge in [0.05, 0.1) is 10.8 Å². The maximum absolute atomic E-state index is 12.7. The summed E-state index contributed by atoms with van der Waals surface area (Å²) in [7, 11) is 0. The van der Waals surface area contributed by atoms with Gasteiger partial charge in [-0.15, -0.1) is 11.6 Å². The maximum atomic E-state index is 12.7. The highest BCUT2D eigenvalue weighted by Gasteiger charge is 2.06. The maximum Gasteiger partial charge on any atom is 0.269 e. The van der Waals surface area contributed by atoms with Crippen molar-refractivity contribution in [3.8, 4) is 0 Å². The van der Waals surface area contributed by atoms with Crippen molar-refractivity contribution < 1.29 is 9.31 Å². The Morgan fingerprint density at radius 1 is 1.47 bits per heavy atom. The van der Waals surface area contributed by atoms with Gasteiger partial charge >= 0.3 is 0 Å².